The van der Waals surface area contributed by atoms with Gasteiger partial charge < -0.3 is 5.11 Å². The molecule has 0 radical (unpaired) electrons. The molecular formula is C11H15NO4S. The summed E-state index contributed by atoms with van der Waals surface area (Å²) in [6, 6.07) is 8.07. The number of benzene rings is 1. The van der Waals surface area contributed by atoms with Crippen molar-refractivity contribution in [3.8, 4) is 0 Å². The molecule has 0 aliphatic heterocycles. The van der Waals surface area contributed by atoms with Crippen molar-refractivity contribution >= 4 is 16.0 Å². The lowest BCUT2D eigenvalue weighted by atomic mass is 10.3. The van der Waals surface area contributed by atoms with E-state index in [9.17, 15) is 13.2 Å². The first-order chi connectivity index (χ1) is 7.94. The van der Waals surface area contributed by atoms with Gasteiger partial charge in [0.15, 0.2) is 0 Å². The van der Waals surface area contributed by atoms with Gasteiger partial charge in [-0.2, -0.15) is 0 Å². The maximum atomic E-state index is 12.0. The lowest BCUT2D eigenvalue weighted by Gasteiger charge is -2.16. The van der Waals surface area contributed by atoms with Crippen molar-refractivity contribution in [1.29, 1.82) is 0 Å². The average molecular weight is 257 g/mol. The number of carboxylic acids is 1. The van der Waals surface area contributed by atoms with Gasteiger partial charge in [-0.25, -0.2) is 12.7 Å². The van der Waals surface area contributed by atoms with Crippen LogP contribution in [0.1, 0.15) is 12.8 Å². The van der Waals surface area contributed by atoms with Crippen LogP contribution in [0.15, 0.2) is 35.2 Å². The van der Waals surface area contributed by atoms with Gasteiger partial charge in [0.2, 0.25) is 10.0 Å². The highest BCUT2D eigenvalue weighted by Crippen LogP contribution is 2.13. The first-order valence-corrected chi connectivity index (χ1v) is 6.62. The summed E-state index contributed by atoms with van der Waals surface area (Å²) in [4.78, 5) is 10.6. The molecule has 17 heavy (non-hydrogen) atoms. The third-order valence-corrected chi connectivity index (χ3v) is 4.19. The highest BCUT2D eigenvalue weighted by molar-refractivity contribution is 7.89. The summed E-state index contributed by atoms with van der Waals surface area (Å²) >= 11 is 0. The number of aliphatic carboxylic acids is 1. The van der Waals surface area contributed by atoms with E-state index in [2.05, 4.69) is 0 Å². The minimum absolute atomic E-state index is 0.0331. The van der Waals surface area contributed by atoms with E-state index in [-0.39, 0.29) is 17.9 Å². The van der Waals surface area contributed by atoms with Crippen LogP contribution in [0.5, 0.6) is 0 Å². The molecule has 0 heterocycles. The van der Waals surface area contributed by atoms with Gasteiger partial charge in [-0.15, -0.1) is 0 Å². The Balaban J connectivity index is 2.68. The molecule has 94 valence electrons. The summed E-state index contributed by atoms with van der Waals surface area (Å²) < 4.78 is 25.1. The number of rotatable bonds is 6. The molecule has 0 fully saturated rings. The molecule has 0 atom stereocenters. The third-order valence-electron chi connectivity index (χ3n) is 2.32. The van der Waals surface area contributed by atoms with Crippen LogP contribution in [-0.2, 0) is 14.8 Å². The molecule has 5 nitrogen and oxygen atoms in total. The van der Waals surface area contributed by atoms with Crippen molar-refractivity contribution in [3.05, 3.63) is 30.3 Å². The summed E-state index contributed by atoms with van der Waals surface area (Å²) in [6.45, 7) is 0.198. The zero-order valence-electron chi connectivity index (χ0n) is 9.54. The van der Waals surface area contributed by atoms with E-state index in [0.717, 1.165) is 0 Å². The van der Waals surface area contributed by atoms with Crippen molar-refractivity contribution in [2.24, 2.45) is 0 Å². The van der Waals surface area contributed by atoms with Crippen LogP contribution >= 0.6 is 0 Å². The van der Waals surface area contributed by atoms with Crippen molar-refractivity contribution in [1.82, 2.24) is 4.31 Å². The van der Waals surface area contributed by atoms with E-state index in [0.29, 0.717) is 6.42 Å². The Morgan fingerprint density at radius 1 is 1.29 bits per heavy atom. The first kappa shape index (κ1) is 13.7. The SMILES string of the molecule is CN(CCCC(=O)O)S(=O)(=O)c1ccccc1. The molecule has 0 aliphatic carbocycles. The molecule has 0 saturated carbocycles. The maximum absolute atomic E-state index is 12.0. The average Bonchev–Trinajstić information content (AvgIpc) is 2.29. The van der Waals surface area contributed by atoms with Crippen LogP contribution in [0.25, 0.3) is 0 Å². The van der Waals surface area contributed by atoms with Crippen LogP contribution in [0.2, 0.25) is 0 Å². The van der Waals surface area contributed by atoms with Crippen molar-refractivity contribution in [2.75, 3.05) is 13.6 Å². The van der Waals surface area contributed by atoms with Crippen LogP contribution < -0.4 is 0 Å². The van der Waals surface area contributed by atoms with Crippen molar-refractivity contribution in [2.45, 2.75) is 17.7 Å². The van der Waals surface area contributed by atoms with Crippen LogP contribution in [0.4, 0.5) is 0 Å². The predicted molar refractivity (Wildman–Crippen MR) is 63.1 cm³/mol. The van der Waals surface area contributed by atoms with Crippen LogP contribution in [0.3, 0.4) is 0 Å². The second kappa shape index (κ2) is 5.79. The quantitative estimate of drug-likeness (QED) is 0.830. The zero-order chi connectivity index (χ0) is 12.9. The Kier molecular flexibility index (Phi) is 4.65. The molecule has 1 rings (SSSR count). The highest BCUT2D eigenvalue weighted by atomic mass is 32.2. The standard InChI is InChI=1S/C11H15NO4S/c1-12(9-5-8-11(13)14)17(15,16)10-6-3-2-4-7-10/h2-4,6-7H,5,8-9H2,1H3,(H,13,14). The van der Waals surface area contributed by atoms with E-state index in [1.54, 1.807) is 18.2 Å². The summed E-state index contributed by atoms with van der Waals surface area (Å²) in [6.07, 6.45) is 0.270. The van der Waals surface area contributed by atoms with Gasteiger partial charge >= 0.3 is 5.97 Å². The summed E-state index contributed by atoms with van der Waals surface area (Å²) in [5.41, 5.74) is 0. The van der Waals surface area contributed by atoms with Gasteiger partial charge in [0.25, 0.3) is 0 Å². The van der Waals surface area contributed by atoms with E-state index in [1.807, 2.05) is 0 Å². The molecule has 0 amide bonds. The summed E-state index contributed by atoms with van der Waals surface area (Å²) in [5.74, 6) is -0.921. The second-order valence-corrected chi connectivity index (χ2v) is 5.68. The van der Waals surface area contributed by atoms with E-state index >= 15 is 0 Å². The van der Waals surface area contributed by atoms with E-state index in [4.69, 9.17) is 5.11 Å². The summed E-state index contributed by atoms with van der Waals surface area (Å²) in [5, 5.41) is 8.48. The third kappa shape index (κ3) is 3.83. The fourth-order valence-electron chi connectivity index (χ4n) is 1.35. The molecule has 0 aromatic heterocycles. The van der Waals surface area contributed by atoms with Crippen LogP contribution in [-0.4, -0.2) is 37.4 Å². The fraction of sp³-hybridized carbons (Fsp3) is 0.364. The summed E-state index contributed by atoms with van der Waals surface area (Å²) in [7, 11) is -2.05. The van der Waals surface area contributed by atoms with Crippen molar-refractivity contribution in [3.63, 3.8) is 0 Å². The number of carboxylic acid groups (broad SMARTS) is 1. The Hall–Kier alpha value is -1.40. The van der Waals surface area contributed by atoms with Gasteiger partial charge in [-0.1, -0.05) is 18.2 Å². The lowest BCUT2D eigenvalue weighted by Crippen LogP contribution is -2.28. The van der Waals surface area contributed by atoms with Gasteiger partial charge in [-0.05, 0) is 18.6 Å². The molecule has 0 saturated heterocycles. The fourth-order valence-corrected chi connectivity index (χ4v) is 2.58. The van der Waals surface area contributed by atoms with Gasteiger partial charge in [0.05, 0.1) is 4.90 Å². The minimum Gasteiger partial charge on any atom is -0.481 e. The number of carbonyl (C=O) groups is 1. The molecule has 1 aromatic rings. The Labute approximate surface area is 101 Å². The first-order valence-electron chi connectivity index (χ1n) is 5.18. The molecule has 6 heteroatoms. The highest BCUT2D eigenvalue weighted by Gasteiger charge is 2.19. The second-order valence-electron chi connectivity index (χ2n) is 3.64. The largest absolute Gasteiger partial charge is 0.481 e. The number of hydrogen-bond acceptors (Lipinski definition) is 3. The van der Waals surface area contributed by atoms with E-state index < -0.39 is 16.0 Å². The van der Waals surface area contributed by atoms with Gasteiger partial charge in [0.1, 0.15) is 0 Å². The lowest BCUT2D eigenvalue weighted by molar-refractivity contribution is -0.137. The van der Waals surface area contributed by atoms with E-state index in [1.165, 1.54) is 23.5 Å². The van der Waals surface area contributed by atoms with Gasteiger partial charge in [-0.3, -0.25) is 4.79 Å². The van der Waals surface area contributed by atoms with Gasteiger partial charge in [0, 0.05) is 20.0 Å². The molecular weight excluding hydrogens is 242 g/mol. The molecule has 0 spiro atoms. The molecule has 0 bridgehead atoms. The normalized spacial score (nSPS) is 11.6. The number of sulfonamides is 1. The Bertz CT molecular complexity index is 470. The molecule has 1 N–H and O–H groups in total. The Morgan fingerprint density at radius 2 is 1.88 bits per heavy atom. The molecule has 1 aromatic carbocycles. The van der Waals surface area contributed by atoms with Crippen molar-refractivity contribution < 1.29 is 18.3 Å². The zero-order valence-corrected chi connectivity index (χ0v) is 10.4. The number of nitrogens with zero attached hydrogens (tertiary/aromatic N) is 1. The maximum Gasteiger partial charge on any atom is 0.303 e. The predicted octanol–water partition coefficient (Wildman–Crippen LogP) is 1.17. The van der Waals surface area contributed by atoms with Crippen LogP contribution in [0, 0.1) is 0 Å². The Morgan fingerprint density at radius 3 is 2.41 bits per heavy atom. The number of hydrogen-bond donors (Lipinski definition) is 1. The molecule has 0 unspecified atom stereocenters. The molecule has 0 aliphatic rings. The topological polar surface area (TPSA) is 74.7 Å². The monoisotopic (exact) mass is 257 g/mol. The minimum atomic E-state index is -3.50. The smallest absolute Gasteiger partial charge is 0.303 e.